The fourth-order valence-corrected chi connectivity index (χ4v) is 1.82. The van der Waals surface area contributed by atoms with E-state index in [0.29, 0.717) is 12.5 Å². The number of rotatable bonds is 6. The number of para-hydroxylation sites is 1. The molecule has 0 bridgehead atoms. The van der Waals surface area contributed by atoms with Crippen molar-refractivity contribution in [3.05, 3.63) is 29.8 Å². The van der Waals surface area contributed by atoms with Crippen LogP contribution in [-0.2, 0) is 4.79 Å². The number of carboxylic acid groups (broad SMARTS) is 1. The zero-order valence-electron chi connectivity index (χ0n) is 11.6. The first-order valence-corrected chi connectivity index (χ1v) is 6.25. The van der Waals surface area contributed by atoms with Crippen molar-refractivity contribution < 1.29 is 14.6 Å². The normalized spacial score (nSPS) is 11.6. The van der Waals surface area contributed by atoms with E-state index in [1.807, 2.05) is 38.1 Å². The maximum atomic E-state index is 10.7. The average molecular weight is 250 g/mol. The lowest BCUT2D eigenvalue weighted by Gasteiger charge is -2.24. The van der Waals surface area contributed by atoms with Crippen LogP contribution in [0.1, 0.15) is 45.6 Å². The van der Waals surface area contributed by atoms with E-state index in [0.717, 1.165) is 11.3 Å². The topological polar surface area (TPSA) is 46.5 Å². The molecule has 0 fully saturated rings. The number of benzene rings is 1. The van der Waals surface area contributed by atoms with Gasteiger partial charge in [0, 0.05) is 5.41 Å². The minimum absolute atomic E-state index is 0.108. The second kappa shape index (κ2) is 5.89. The van der Waals surface area contributed by atoms with E-state index in [-0.39, 0.29) is 11.8 Å². The van der Waals surface area contributed by atoms with Crippen LogP contribution in [0.4, 0.5) is 0 Å². The molecular formula is C15H22O3. The van der Waals surface area contributed by atoms with E-state index in [1.54, 1.807) is 0 Å². The standard InChI is InChI=1S/C15H22O3/c1-11(2)12-7-5-6-8-13(12)18-10-15(3,4)9-14(16)17/h5-8,11H,9-10H2,1-4H3,(H,16,17). The molecule has 0 aliphatic carbocycles. The molecule has 0 saturated carbocycles. The second-order valence-electron chi connectivity index (χ2n) is 5.72. The highest BCUT2D eigenvalue weighted by Gasteiger charge is 2.23. The Morgan fingerprint density at radius 3 is 2.50 bits per heavy atom. The number of hydrogen-bond donors (Lipinski definition) is 1. The summed E-state index contributed by atoms with van der Waals surface area (Å²) < 4.78 is 5.80. The summed E-state index contributed by atoms with van der Waals surface area (Å²) in [6.45, 7) is 8.44. The minimum Gasteiger partial charge on any atom is -0.493 e. The Labute approximate surface area is 109 Å². The van der Waals surface area contributed by atoms with E-state index < -0.39 is 5.97 Å². The lowest BCUT2D eigenvalue weighted by Crippen LogP contribution is -2.25. The third-order valence-electron chi connectivity index (χ3n) is 2.79. The van der Waals surface area contributed by atoms with Crippen LogP contribution in [-0.4, -0.2) is 17.7 Å². The Bertz CT molecular complexity index is 408. The number of carboxylic acids is 1. The van der Waals surface area contributed by atoms with Crippen molar-refractivity contribution in [2.24, 2.45) is 5.41 Å². The van der Waals surface area contributed by atoms with Crippen LogP contribution in [0.25, 0.3) is 0 Å². The Morgan fingerprint density at radius 2 is 1.94 bits per heavy atom. The summed E-state index contributed by atoms with van der Waals surface area (Å²) in [4.78, 5) is 10.7. The van der Waals surface area contributed by atoms with Crippen molar-refractivity contribution >= 4 is 5.97 Å². The molecule has 0 aliphatic heterocycles. The van der Waals surface area contributed by atoms with E-state index in [1.165, 1.54) is 0 Å². The lowest BCUT2D eigenvalue weighted by atomic mass is 9.90. The fraction of sp³-hybridized carbons (Fsp3) is 0.533. The smallest absolute Gasteiger partial charge is 0.304 e. The molecule has 0 atom stereocenters. The summed E-state index contributed by atoms with van der Waals surface area (Å²) in [6, 6.07) is 7.91. The summed E-state index contributed by atoms with van der Waals surface area (Å²) in [7, 11) is 0. The molecule has 0 saturated heterocycles. The van der Waals surface area contributed by atoms with Crippen molar-refractivity contribution in [3.8, 4) is 5.75 Å². The third kappa shape index (κ3) is 4.40. The van der Waals surface area contributed by atoms with Gasteiger partial charge in [-0.25, -0.2) is 0 Å². The highest BCUT2D eigenvalue weighted by molar-refractivity contribution is 5.67. The minimum atomic E-state index is -0.791. The van der Waals surface area contributed by atoms with E-state index in [4.69, 9.17) is 9.84 Å². The van der Waals surface area contributed by atoms with Crippen molar-refractivity contribution in [3.63, 3.8) is 0 Å². The highest BCUT2D eigenvalue weighted by Crippen LogP contribution is 2.28. The zero-order valence-corrected chi connectivity index (χ0v) is 11.6. The predicted octanol–water partition coefficient (Wildman–Crippen LogP) is 3.69. The molecule has 18 heavy (non-hydrogen) atoms. The number of hydrogen-bond acceptors (Lipinski definition) is 2. The number of ether oxygens (including phenoxy) is 1. The van der Waals surface area contributed by atoms with Crippen LogP contribution < -0.4 is 4.74 Å². The van der Waals surface area contributed by atoms with Gasteiger partial charge in [0.05, 0.1) is 13.0 Å². The highest BCUT2D eigenvalue weighted by atomic mass is 16.5. The summed E-state index contributed by atoms with van der Waals surface area (Å²) >= 11 is 0. The first-order chi connectivity index (χ1) is 8.32. The van der Waals surface area contributed by atoms with Crippen LogP contribution in [0, 0.1) is 5.41 Å². The number of carbonyl (C=O) groups is 1. The summed E-state index contributed by atoms with van der Waals surface area (Å²) in [5, 5.41) is 8.83. The van der Waals surface area contributed by atoms with Crippen LogP contribution >= 0.6 is 0 Å². The monoisotopic (exact) mass is 250 g/mol. The first kappa shape index (κ1) is 14.6. The van der Waals surface area contributed by atoms with Gasteiger partial charge >= 0.3 is 5.97 Å². The molecule has 0 spiro atoms. The van der Waals surface area contributed by atoms with Crippen molar-refractivity contribution in [1.82, 2.24) is 0 Å². The maximum absolute atomic E-state index is 10.7. The first-order valence-electron chi connectivity index (χ1n) is 6.25. The van der Waals surface area contributed by atoms with Crippen molar-refractivity contribution in [2.45, 2.75) is 40.0 Å². The molecule has 1 N–H and O–H groups in total. The van der Waals surface area contributed by atoms with Crippen LogP contribution in [0.3, 0.4) is 0 Å². The SMILES string of the molecule is CC(C)c1ccccc1OCC(C)(C)CC(=O)O. The largest absolute Gasteiger partial charge is 0.493 e. The molecule has 0 unspecified atom stereocenters. The Balaban J connectivity index is 2.71. The van der Waals surface area contributed by atoms with E-state index in [9.17, 15) is 4.79 Å². The molecule has 0 amide bonds. The Morgan fingerprint density at radius 1 is 1.33 bits per heavy atom. The molecule has 3 heteroatoms. The summed E-state index contributed by atoms with van der Waals surface area (Å²) in [5.41, 5.74) is 0.791. The molecule has 100 valence electrons. The van der Waals surface area contributed by atoms with Gasteiger partial charge in [0.25, 0.3) is 0 Å². The predicted molar refractivity (Wildman–Crippen MR) is 72.1 cm³/mol. The van der Waals surface area contributed by atoms with Crippen molar-refractivity contribution in [1.29, 1.82) is 0 Å². The second-order valence-corrected chi connectivity index (χ2v) is 5.72. The fourth-order valence-electron chi connectivity index (χ4n) is 1.82. The maximum Gasteiger partial charge on any atom is 0.304 e. The quantitative estimate of drug-likeness (QED) is 0.837. The van der Waals surface area contributed by atoms with Gasteiger partial charge in [-0.15, -0.1) is 0 Å². The van der Waals surface area contributed by atoms with E-state index in [2.05, 4.69) is 13.8 Å². The molecule has 0 radical (unpaired) electrons. The molecule has 3 nitrogen and oxygen atoms in total. The lowest BCUT2D eigenvalue weighted by molar-refractivity contribution is -0.139. The van der Waals surface area contributed by atoms with Crippen LogP contribution in [0.5, 0.6) is 5.75 Å². The van der Waals surface area contributed by atoms with Crippen LogP contribution in [0.15, 0.2) is 24.3 Å². The van der Waals surface area contributed by atoms with Gasteiger partial charge in [-0.2, -0.15) is 0 Å². The van der Waals surface area contributed by atoms with Gasteiger partial charge < -0.3 is 9.84 Å². The average Bonchev–Trinajstić information content (AvgIpc) is 2.25. The molecule has 0 heterocycles. The molecule has 0 aliphatic rings. The summed E-state index contributed by atoms with van der Waals surface area (Å²) in [5.74, 6) is 0.454. The molecular weight excluding hydrogens is 228 g/mol. The van der Waals surface area contributed by atoms with Gasteiger partial charge in [0.2, 0.25) is 0 Å². The molecule has 1 rings (SSSR count). The molecule has 0 aromatic heterocycles. The zero-order chi connectivity index (χ0) is 13.8. The van der Waals surface area contributed by atoms with Gasteiger partial charge in [-0.1, -0.05) is 45.9 Å². The van der Waals surface area contributed by atoms with Gasteiger partial charge in [-0.3, -0.25) is 4.79 Å². The van der Waals surface area contributed by atoms with Gasteiger partial charge in [-0.05, 0) is 17.5 Å². The molecule has 1 aromatic carbocycles. The third-order valence-corrected chi connectivity index (χ3v) is 2.79. The van der Waals surface area contributed by atoms with Gasteiger partial charge in [0.1, 0.15) is 5.75 Å². The van der Waals surface area contributed by atoms with Crippen LogP contribution in [0.2, 0.25) is 0 Å². The Kier molecular flexibility index (Phi) is 4.76. The Hall–Kier alpha value is -1.51. The molecule has 1 aromatic rings. The van der Waals surface area contributed by atoms with E-state index >= 15 is 0 Å². The van der Waals surface area contributed by atoms with Crippen molar-refractivity contribution in [2.75, 3.05) is 6.61 Å². The summed E-state index contributed by atoms with van der Waals surface area (Å²) in [6.07, 6.45) is 0.108. The van der Waals surface area contributed by atoms with Gasteiger partial charge in [0.15, 0.2) is 0 Å². The number of aliphatic carboxylic acids is 1.